The van der Waals surface area contributed by atoms with Crippen LogP contribution >= 0.6 is 15.2 Å². The lowest BCUT2D eigenvalue weighted by Crippen LogP contribution is -2.13. The highest BCUT2D eigenvalue weighted by atomic mass is 31.2. The van der Waals surface area contributed by atoms with E-state index >= 15 is 0 Å². The molecular weight excluding hydrogens is 258 g/mol. The average molecular weight is 276 g/mol. The molecule has 0 fully saturated rings. The third kappa shape index (κ3) is 4.26. The lowest BCUT2D eigenvalue weighted by Gasteiger charge is -2.21. The van der Waals surface area contributed by atoms with E-state index < -0.39 is 21.0 Å². The summed E-state index contributed by atoms with van der Waals surface area (Å²) >= 11 is 0. The molecule has 16 heavy (non-hydrogen) atoms. The minimum atomic E-state index is -3.56. The third-order valence-electron chi connectivity index (χ3n) is 2.09. The van der Waals surface area contributed by atoms with Crippen LogP contribution < -0.4 is 0 Å². The summed E-state index contributed by atoms with van der Waals surface area (Å²) in [6.07, 6.45) is -0.143. The summed E-state index contributed by atoms with van der Waals surface area (Å²) in [6, 6.07) is 0. The van der Waals surface area contributed by atoms with E-state index in [-0.39, 0.29) is 12.6 Å². The summed E-state index contributed by atoms with van der Waals surface area (Å²) in [5.74, 6) is -1.36. The molecule has 0 amide bonds. The van der Waals surface area contributed by atoms with Crippen LogP contribution in [0.5, 0.6) is 0 Å². The highest BCUT2D eigenvalue weighted by Gasteiger charge is 2.34. The molecule has 0 radical (unpaired) electrons. The van der Waals surface area contributed by atoms with Gasteiger partial charge in [-0.3, -0.25) is 9.13 Å². The molecule has 0 aliphatic carbocycles. The van der Waals surface area contributed by atoms with Crippen molar-refractivity contribution in [2.45, 2.75) is 12.3 Å². The predicted octanol–water partition coefficient (Wildman–Crippen LogP) is 1.67. The van der Waals surface area contributed by atoms with Gasteiger partial charge in [0.05, 0.1) is 6.16 Å². The minimum absolute atomic E-state index is 0.0715. The molecule has 0 bridgehead atoms. The Morgan fingerprint density at radius 1 is 1.00 bits per heavy atom. The van der Waals surface area contributed by atoms with Gasteiger partial charge in [0.1, 0.15) is 0 Å². The van der Waals surface area contributed by atoms with Gasteiger partial charge in [0, 0.05) is 28.4 Å². The molecule has 0 spiro atoms. The first-order valence-corrected chi connectivity index (χ1v) is 7.81. The Morgan fingerprint density at radius 3 is 1.75 bits per heavy atom. The molecule has 0 aromatic carbocycles. The molecule has 0 saturated carbocycles. The normalized spacial score (nSPS) is 15.1. The van der Waals surface area contributed by atoms with E-state index in [9.17, 15) is 14.2 Å². The van der Waals surface area contributed by atoms with Crippen LogP contribution in [-0.4, -0.2) is 45.6 Å². The fourth-order valence-electron chi connectivity index (χ4n) is 1.01. The molecule has 1 unspecified atom stereocenters. The summed E-state index contributed by atoms with van der Waals surface area (Å²) in [4.78, 5) is 0. The highest BCUT2D eigenvalue weighted by molar-refractivity contribution is 7.55. The first kappa shape index (κ1) is 16.3. The molecular formula is C7H18O7P2. The predicted molar refractivity (Wildman–Crippen MR) is 58.7 cm³/mol. The summed E-state index contributed by atoms with van der Waals surface area (Å²) in [5, 5.41) is 9.58. The highest BCUT2D eigenvalue weighted by Crippen LogP contribution is 2.54. The molecule has 0 aromatic heterocycles. The Kier molecular flexibility index (Phi) is 6.98. The van der Waals surface area contributed by atoms with Gasteiger partial charge < -0.3 is 23.2 Å². The van der Waals surface area contributed by atoms with Crippen LogP contribution in [0.25, 0.3) is 0 Å². The molecule has 9 heteroatoms. The largest absolute Gasteiger partial charge is 0.380 e. The quantitative estimate of drug-likeness (QED) is 0.674. The molecule has 0 rings (SSSR count). The second-order valence-corrected chi connectivity index (χ2v) is 7.68. The summed E-state index contributed by atoms with van der Waals surface area (Å²) in [5.41, 5.74) is 0. The van der Waals surface area contributed by atoms with Crippen molar-refractivity contribution in [3.05, 3.63) is 0 Å². The Hall–Kier alpha value is 0.260. The van der Waals surface area contributed by atoms with E-state index in [2.05, 4.69) is 18.1 Å². The van der Waals surface area contributed by atoms with Gasteiger partial charge >= 0.3 is 15.2 Å². The van der Waals surface area contributed by atoms with Gasteiger partial charge in [-0.05, 0) is 6.42 Å². The van der Waals surface area contributed by atoms with Crippen molar-refractivity contribution in [1.82, 2.24) is 0 Å². The summed E-state index contributed by atoms with van der Waals surface area (Å²) in [7, 11) is -1.96. The Balaban J connectivity index is 4.42. The van der Waals surface area contributed by atoms with Crippen molar-refractivity contribution in [2.24, 2.45) is 0 Å². The second-order valence-electron chi connectivity index (χ2n) is 2.87. The standard InChI is InChI=1S/C7H18O7P2/c1-11-15(9,12-2)6-5-7(8)16(10,13-3)14-4/h7-8H,5-6H2,1-4H3. The number of aliphatic hydroxyl groups is 1. The van der Waals surface area contributed by atoms with E-state index in [4.69, 9.17) is 0 Å². The topological polar surface area (TPSA) is 91.3 Å². The first-order chi connectivity index (χ1) is 7.37. The van der Waals surface area contributed by atoms with Gasteiger partial charge in [-0.2, -0.15) is 0 Å². The molecule has 0 aromatic rings. The maximum atomic E-state index is 11.7. The van der Waals surface area contributed by atoms with Crippen LogP contribution in [0.15, 0.2) is 0 Å². The van der Waals surface area contributed by atoms with Crippen molar-refractivity contribution >= 4 is 15.2 Å². The van der Waals surface area contributed by atoms with E-state index in [1.807, 2.05) is 0 Å². The molecule has 0 aliphatic rings. The van der Waals surface area contributed by atoms with E-state index in [1.54, 1.807) is 0 Å². The zero-order valence-electron chi connectivity index (χ0n) is 9.78. The van der Waals surface area contributed by atoms with Gasteiger partial charge in [-0.15, -0.1) is 0 Å². The Bertz CT molecular complexity index is 276. The van der Waals surface area contributed by atoms with E-state index in [0.29, 0.717) is 0 Å². The molecule has 98 valence electrons. The number of aliphatic hydroxyl groups excluding tert-OH is 1. The molecule has 1 atom stereocenters. The van der Waals surface area contributed by atoms with E-state index in [1.165, 1.54) is 28.4 Å². The SMILES string of the molecule is COP(=O)(CCC(O)P(=O)(OC)OC)OC. The van der Waals surface area contributed by atoms with Crippen LogP contribution in [0.2, 0.25) is 0 Å². The number of rotatable bonds is 8. The smallest absolute Gasteiger partial charge is 0.358 e. The van der Waals surface area contributed by atoms with Gasteiger partial charge in [-0.25, -0.2) is 0 Å². The van der Waals surface area contributed by atoms with E-state index in [0.717, 1.165) is 0 Å². The molecule has 7 nitrogen and oxygen atoms in total. The number of hydrogen-bond donors (Lipinski definition) is 1. The Morgan fingerprint density at radius 2 is 1.44 bits per heavy atom. The van der Waals surface area contributed by atoms with Crippen LogP contribution in [-0.2, 0) is 27.2 Å². The molecule has 0 saturated heterocycles. The maximum absolute atomic E-state index is 11.7. The lowest BCUT2D eigenvalue weighted by atomic mass is 10.5. The van der Waals surface area contributed by atoms with Gasteiger partial charge in [-0.1, -0.05) is 0 Å². The average Bonchev–Trinajstić information content (AvgIpc) is 2.34. The lowest BCUT2D eigenvalue weighted by molar-refractivity contribution is 0.169. The van der Waals surface area contributed by atoms with Crippen molar-refractivity contribution in [1.29, 1.82) is 0 Å². The monoisotopic (exact) mass is 276 g/mol. The van der Waals surface area contributed by atoms with Crippen molar-refractivity contribution < 1.29 is 32.3 Å². The van der Waals surface area contributed by atoms with Crippen LogP contribution in [0.4, 0.5) is 0 Å². The van der Waals surface area contributed by atoms with Crippen LogP contribution in [0, 0.1) is 0 Å². The fourth-order valence-corrected chi connectivity index (χ4v) is 3.37. The molecule has 0 aliphatic heterocycles. The van der Waals surface area contributed by atoms with Crippen LogP contribution in [0.3, 0.4) is 0 Å². The minimum Gasteiger partial charge on any atom is -0.380 e. The van der Waals surface area contributed by atoms with Crippen molar-refractivity contribution in [2.75, 3.05) is 34.6 Å². The molecule has 1 N–H and O–H groups in total. The zero-order valence-corrected chi connectivity index (χ0v) is 11.6. The van der Waals surface area contributed by atoms with Gasteiger partial charge in [0.2, 0.25) is 0 Å². The summed E-state index contributed by atoms with van der Waals surface area (Å²) < 4.78 is 41.8. The third-order valence-corrected chi connectivity index (χ3v) is 6.02. The van der Waals surface area contributed by atoms with Gasteiger partial charge in [0.25, 0.3) is 0 Å². The number of hydrogen-bond acceptors (Lipinski definition) is 7. The maximum Gasteiger partial charge on any atom is 0.358 e. The molecule has 0 heterocycles. The van der Waals surface area contributed by atoms with Crippen molar-refractivity contribution in [3.8, 4) is 0 Å². The first-order valence-electron chi connectivity index (χ1n) is 4.47. The van der Waals surface area contributed by atoms with Crippen LogP contribution in [0.1, 0.15) is 6.42 Å². The summed E-state index contributed by atoms with van der Waals surface area (Å²) in [6.45, 7) is 0. The zero-order chi connectivity index (χ0) is 12.8. The second kappa shape index (κ2) is 6.87. The van der Waals surface area contributed by atoms with Crippen molar-refractivity contribution in [3.63, 3.8) is 0 Å². The fraction of sp³-hybridized carbons (Fsp3) is 1.00. The Labute approximate surface area is 95.1 Å². The van der Waals surface area contributed by atoms with Gasteiger partial charge in [0.15, 0.2) is 5.85 Å².